The summed E-state index contributed by atoms with van der Waals surface area (Å²) in [6, 6.07) is -2.59. The number of nitrogens with two attached hydrogens (primary N) is 1. The Kier molecular flexibility index (Phi) is 44.8. The molecule has 8 N–H and O–H groups in total. The average Bonchev–Trinajstić information content (AvgIpc) is 2.45. The largest absolute Gasteiger partial charge is 0.462 e. The van der Waals surface area contributed by atoms with Crippen LogP contribution in [-0.2, 0) is 70.9 Å². The van der Waals surface area contributed by atoms with Crippen LogP contribution in [0.1, 0.15) is 247 Å². The van der Waals surface area contributed by atoms with Crippen molar-refractivity contribution in [2.24, 2.45) is 17.6 Å². The van der Waals surface area contributed by atoms with E-state index < -0.39 is 128 Å². The van der Waals surface area contributed by atoms with E-state index in [2.05, 4.69) is 29.8 Å². The molecule has 1 heterocycles. The van der Waals surface area contributed by atoms with Crippen LogP contribution in [0.3, 0.4) is 0 Å². The van der Waals surface area contributed by atoms with Crippen molar-refractivity contribution in [1.29, 1.82) is 0 Å². The summed E-state index contributed by atoms with van der Waals surface area (Å²) in [6.07, 6.45) is 21.7. The van der Waals surface area contributed by atoms with Gasteiger partial charge in [-0.2, -0.15) is 0 Å². The van der Waals surface area contributed by atoms with Gasteiger partial charge in [-0.25, -0.2) is 0 Å². The fourth-order valence-corrected chi connectivity index (χ4v) is 10.9. The average molecular weight is 1230 g/mol. The highest BCUT2D eigenvalue weighted by Crippen LogP contribution is 2.43. The number of primary amides is 1. The number of aliphatic hydroxyl groups is 3. The standard InChI is InChI=1S/C62H113N4O18P/c1-8-10-12-14-16-18-20-22-24-26-28-30-32-34-54(71)79-43-50(83-55(72)35-33-31-29-27-25-23-21-19-17-15-13-11-9-2)44-81-85(7,78)80-39-38-64-60(75)45(3)40-49(69)36-37-51(59(63)74)66-61(76)46(4)41-52(70)47(5)82-58-56(65-48(6)68)62(77)84-53(42-67)57(58)73/h45-47,50-51,53,56-58,62,67,73,77H,8-44H2,1-7H3,(H2,63,74)(H,64,75)(H,65,68)(H,66,76)/t45-,46-,47?,50?,51-,53-,56-,57-,58-,62?,85?/m1/s1. The van der Waals surface area contributed by atoms with Crippen LogP contribution >= 0.6 is 7.60 Å². The molecule has 0 bridgehead atoms. The molecule has 11 atom stereocenters. The first-order chi connectivity index (χ1) is 40.5. The molecule has 85 heavy (non-hydrogen) atoms. The monoisotopic (exact) mass is 1230 g/mol. The molecular weight excluding hydrogens is 1120 g/mol. The second kappa shape index (κ2) is 48.1. The van der Waals surface area contributed by atoms with Gasteiger partial charge < -0.3 is 65.0 Å². The first-order valence-electron chi connectivity index (χ1n) is 32.2. The lowest BCUT2D eigenvalue weighted by Crippen LogP contribution is -2.65. The number of esters is 2. The third-order valence-corrected chi connectivity index (χ3v) is 16.6. The molecule has 0 aliphatic carbocycles. The third-order valence-electron chi connectivity index (χ3n) is 15.3. The van der Waals surface area contributed by atoms with Crippen molar-refractivity contribution in [3.63, 3.8) is 0 Å². The summed E-state index contributed by atoms with van der Waals surface area (Å²) in [5.74, 6) is -6.55. The Balaban J connectivity index is 2.62. The van der Waals surface area contributed by atoms with Crippen molar-refractivity contribution in [1.82, 2.24) is 16.0 Å². The van der Waals surface area contributed by atoms with E-state index in [-0.39, 0.29) is 58.5 Å². The Bertz CT molecular complexity index is 1950. The normalized spacial score (nSPS) is 19.3. The molecule has 4 unspecified atom stereocenters. The highest BCUT2D eigenvalue weighted by molar-refractivity contribution is 7.52. The molecule has 0 saturated carbocycles. The Hall–Kier alpha value is -3.89. The summed E-state index contributed by atoms with van der Waals surface area (Å²) in [4.78, 5) is 102. The highest BCUT2D eigenvalue weighted by atomic mass is 31.2. The molecule has 1 fully saturated rings. The number of ether oxygens (including phenoxy) is 4. The lowest BCUT2D eigenvalue weighted by atomic mass is 9.95. The first-order valence-corrected chi connectivity index (χ1v) is 34.2. The summed E-state index contributed by atoms with van der Waals surface area (Å²) in [7, 11) is -3.78. The number of ketones is 2. The fraction of sp³-hybridized carbons (Fsp3) is 0.871. The predicted octanol–water partition coefficient (Wildman–Crippen LogP) is 8.67. The van der Waals surface area contributed by atoms with E-state index in [1.165, 1.54) is 143 Å². The Morgan fingerprint density at radius 3 is 1.60 bits per heavy atom. The number of nitrogens with one attached hydrogen (secondary N) is 3. The SMILES string of the molecule is CCCCCCCCCCCCCCCC(=O)OCC(COP(C)(=O)OCCNC(=O)[C@H](C)CC(=O)CC[C@@H](NC(=O)[C@H](C)CC(=O)C(C)O[C@H]1[C@H](O)[C@@H](CO)OC(O)[C@@H]1NC(C)=O)C(N)=O)OC(=O)CCCCCCCCCCCCCCC. The summed E-state index contributed by atoms with van der Waals surface area (Å²) in [5, 5.41) is 38.2. The topological polar surface area (TPSA) is 332 Å². The van der Waals surface area contributed by atoms with Crippen LogP contribution in [0.15, 0.2) is 0 Å². The third kappa shape index (κ3) is 38.9. The zero-order valence-electron chi connectivity index (χ0n) is 52.9. The van der Waals surface area contributed by atoms with Gasteiger partial charge in [-0.15, -0.1) is 0 Å². The maximum absolute atomic E-state index is 13.4. The Morgan fingerprint density at radius 2 is 1.12 bits per heavy atom. The van der Waals surface area contributed by atoms with Crippen LogP contribution in [0, 0.1) is 11.8 Å². The molecule has 494 valence electrons. The fourth-order valence-electron chi connectivity index (χ4n) is 9.96. The number of rotatable bonds is 54. The zero-order chi connectivity index (χ0) is 63.4. The van der Waals surface area contributed by atoms with Crippen molar-refractivity contribution in [2.75, 3.05) is 39.6 Å². The number of hydrogen-bond acceptors (Lipinski definition) is 18. The van der Waals surface area contributed by atoms with Crippen molar-refractivity contribution >= 4 is 54.7 Å². The van der Waals surface area contributed by atoms with Crippen molar-refractivity contribution in [2.45, 2.75) is 296 Å². The Labute approximate surface area is 508 Å². The molecule has 1 rings (SSSR count). The number of carbonyl (C=O) groups is 8. The number of aliphatic hydroxyl groups excluding tert-OH is 3. The minimum atomic E-state index is -3.78. The van der Waals surface area contributed by atoms with Gasteiger partial charge in [0.15, 0.2) is 18.2 Å². The van der Waals surface area contributed by atoms with Crippen LogP contribution < -0.4 is 21.7 Å². The number of amides is 4. The molecule has 0 aromatic rings. The van der Waals surface area contributed by atoms with E-state index in [1.54, 1.807) is 0 Å². The summed E-state index contributed by atoms with van der Waals surface area (Å²) < 4.78 is 46.6. The second-order valence-electron chi connectivity index (χ2n) is 23.4. The molecular formula is C62H113N4O18P. The summed E-state index contributed by atoms with van der Waals surface area (Å²) >= 11 is 0. The van der Waals surface area contributed by atoms with Gasteiger partial charge in [0.2, 0.25) is 23.6 Å². The van der Waals surface area contributed by atoms with E-state index in [4.69, 9.17) is 33.7 Å². The highest BCUT2D eigenvalue weighted by Gasteiger charge is 2.47. The van der Waals surface area contributed by atoms with Gasteiger partial charge in [0.1, 0.15) is 48.9 Å². The van der Waals surface area contributed by atoms with Gasteiger partial charge in [0, 0.05) is 64.1 Å². The van der Waals surface area contributed by atoms with Crippen LogP contribution in [0.25, 0.3) is 0 Å². The summed E-state index contributed by atoms with van der Waals surface area (Å²) in [5.41, 5.74) is 5.54. The second-order valence-corrected chi connectivity index (χ2v) is 25.5. The molecule has 23 heteroatoms. The van der Waals surface area contributed by atoms with E-state index in [1.807, 2.05) is 0 Å². The first kappa shape index (κ1) is 79.1. The van der Waals surface area contributed by atoms with Crippen LogP contribution in [0.5, 0.6) is 0 Å². The quantitative estimate of drug-likeness (QED) is 0.0170. The Morgan fingerprint density at radius 1 is 0.635 bits per heavy atom. The number of unbranched alkanes of at least 4 members (excludes halogenated alkanes) is 24. The van der Waals surface area contributed by atoms with E-state index in [0.717, 1.165) is 45.4 Å². The lowest BCUT2D eigenvalue weighted by Gasteiger charge is -2.43. The molecule has 0 spiro atoms. The van der Waals surface area contributed by atoms with Crippen molar-refractivity contribution < 1.29 is 86.2 Å². The van der Waals surface area contributed by atoms with Gasteiger partial charge in [-0.1, -0.05) is 182 Å². The van der Waals surface area contributed by atoms with Gasteiger partial charge in [-0.3, -0.25) is 42.9 Å². The molecule has 1 aliphatic rings. The molecule has 4 amide bonds. The van der Waals surface area contributed by atoms with Crippen LogP contribution in [0.2, 0.25) is 0 Å². The van der Waals surface area contributed by atoms with E-state index in [9.17, 15) is 58.2 Å². The summed E-state index contributed by atoms with van der Waals surface area (Å²) in [6.45, 7) is 9.45. The molecule has 1 aliphatic heterocycles. The van der Waals surface area contributed by atoms with Crippen LogP contribution in [-0.4, -0.2) is 151 Å². The molecule has 0 radical (unpaired) electrons. The van der Waals surface area contributed by atoms with Crippen LogP contribution in [0.4, 0.5) is 0 Å². The minimum absolute atomic E-state index is 0.101. The predicted molar refractivity (Wildman–Crippen MR) is 324 cm³/mol. The maximum Gasteiger partial charge on any atom is 0.327 e. The minimum Gasteiger partial charge on any atom is -0.462 e. The molecule has 22 nitrogen and oxygen atoms in total. The number of carbonyl (C=O) groups excluding carboxylic acids is 8. The van der Waals surface area contributed by atoms with Crippen molar-refractivity contribution in [3.05, 3.63) is 0 Å². The smallest absolute Gasteiger partial charge is 0.327 e. The van der Waals surface area contributed by atoms with Crippen molar-refractivity contribution in [3.8, 4) is 0 Å². The van der Waals surface area contributed by atoms with Gasteiger partial charge in [0.25, 0.3) is 0 Å². The lowest BCUT2D eigenvalue weighted by molar-refractivity contribution is -0.266. The van der Waals surface area contributed by atoms with Gasteiger partial charge in [0.05, 0.1) is 19.8 Å². The number of hydrogen-bond donors (Lipinski definition) is 7. The maximum atomic E-state index is 13.4. The van der Waals surface area contributed by atoms with Gasteiger partial charge >= 0.3 is 19.5 Å². The van der Waals surface area contributed by atoms with Gasteiger partial charge in [-0.05, 0) is 26.2 Å². The van der Waals surface area contributed by atoms with E-state index in [0.29, 0.717) is 12.8 Å². The zero-order valence-corrected chi connectivity index (χ0v) is 53.8. The molecule has 0 aromatic carbocycles. The molecule has 0 aromatic heterocycles. The van der Waals surface area contributed by atoms with E-state index >= 15 is 0 Å². The molecule has 1 saturated heterocycles. The number of Topliss-reactive ketones (excluding diaryl/α,β-unsaturated/α-hetero) is 2.